The fourth-order valence-corrected chi connectivity index (χ4v) is 2.85. The Morgan fingerprint density at radius 1 is 1.57 bits per heavy atom. The van der Waals surface area contributed by atoms with Crippen LogP contribution < -0.4 is 5.73 Å². The fourth-order valence-electron chi connectivity index (χ4n) is 2.85. The van der Waals surface area contributed by atoms with Gasteiger partial charge in [0.05, 0.1) is 42.8 Å². The summed E-state index contributed by atoms with van der Waals surface area (Å²) in [7, 11) is 0. The first-order chi connectivity index (χ1) is 11.2. The van der Waals surface area contributed by atoms with Gasteiger partial charge in [0, 0.05) is 13.0 Å². The van der Waals surface area contributed by atoms with Crippen LogP contribution in [-0.4, -0.2) is 55.2 Å². The topological polar surface area (TPSA) is 131 Å². The maximum Gasteiger partial charge on any atom is 0.202 e. The first-order valence-electron chi connectivity index (χ1n) is 7.52. The van der Waals surface area contributed by atoms with Crippen LogP contribution in [0.25, 0.3) is 0 Å². The normalized spacial score (nSPS) is 25.8. The van der Waals surface area contributed by atoms with Crippen LogP contribution in [0, 0.1) is 0 Å². The van der Waals surface area contributed by atoms with Crippen molar-refractivity contribution in [2.75, 3.05) is 18.9 Å². The third-order valence-corrected chi connectivity index (χ3v) is 3.93. The van der Waals surface area contributed by atoms with Gasteiger partial charge >= 0.3 is 0 Å². The van der Waals surface area contributed by atoms with E-state index in [1.165, 1.54) is 0 Å². The zero-order chi connectivity index (χ0) is 16.4. The molecule has 0 amide bonds. The molecule has 0 aromatic carbocycles. The van der Waals surface area contributed by atoms with Crippen LogP contribution in [0.5, 0.6) is 0 Å². The van der Waals surface area contributed by atoms with Crippen molar-refractivity contribution in [2.24, 2.45) is 0 Å². The summed E-state index contributed by atoms with van der Waals surface area (Å²) in [5.74, 6) is 0.264. The number of hydrogen-bond donors (Lipinski definition) is 4. The summed E-state index contributed by atoms with van der Waals surface area (Å²) in [4.78, 5) is 11.2. The number of aliphatic hydroxyl groups is 2. The minimum Gasteiger partial charge on any atom is -0.394 e. The van der Waals surface area contributed by atoms with Gasteiger partial charge in [-0.3, -0.25) is 4.57 Å². The molecule has 1 fully saturated rings. The predicted octanol–water partition coefficient (Wildman–Crippen LogP) is -0.0450. The number of hydrogen-bond acceptors (Lipinski definition) is 7. The molecule has 9 nitrogen and oxygen atoms in total. The largest absolute Gasteiger partial charge is 0.394 e. The van der Waals surface area contributed by atoms with E-state index in [0.29, 0.717) is 18.7 Å². The summed E-state index contributed by atoms with van der Waals surface area (Å²) in [6, 6.07) is 0. The fraction of sp³-hybridized carbons (Fsp3) is 0.571. The second-order valence-corrected chi connectivity index (χ2v) is 5.37. The summed E-state index contributed by atoms with van der Waals surface area (Å²) in [6.07, 6.45) is 2.87. The molecule has 2 aromatic heterocycles. The molecule has 3 heterocycles. The zero-order valence-corrected chi connectivity index (χ0v) is 12.8. The van der Waals surface area contributed by atoms with Crippen LogP contribution in [-0.2, 0) is 9.47 Å². The Hall–Kier alpha value is -1.94. The number of H-pyrrole nitrogens is 1. The number of anilines is 1. The highest BCUT2D eigenvalue weighted by atomic mass is 16.5. The van der Waals surface area contributed by atoms with Crippen LogP contribution in [0.3, 0.4) is 0 Å². The van der Waals surface area contributed by atoms with Crippen molar-refractivity contribution in [1.82, 2.24) is 19.5 Å². The predicted molar refractivity (Wildman–Crippen MR) is 80.3 cm³/mol. The highest BCUT2D eigenvalue weighted by Crippen LogP contribution is 2.35. The number of nitrogen functional groups attached to an aromatic ring is 1. The summed E-state index contributed by atoms with van der Waals surface area (Å²) in [5.41, 5.74) is 7.45. The van der Waals surface area contributed by atoms with Crippen LogP contribution >= 0.6 is 0 Å². The van der Waals surface area contributed by atoms with Gasteiger partial charge in [-0.1, -0.05) is 0 Å². The monoisotopic (exact) mass is 323 g/mol. The number of aliphatic hydroxyl groups excluding tert-OH is 2. The Morgan fingerprint density at radius 3 is 3.00 bits per heavy atom. The van der Waals surface area contributed by atoms with E-state index >= 15 is 0 Å². The molecular weight excluding hydrogens is 302 g/mol. The Bertz CT molecular complexity index is 629. The Balaban J connectivity index is 1.95. The quantitative estimate of drug-likeness (QED) is 0.586. The molecule has 5 N–H and O–H groups in total. The van der Waals surface area contributed by atoms with Gasteiger partial charge in [-0.15, -0.1) is 0 Å². The van der Waals surface area contributed by atoms with Gasteiger partial charge in [-0.05, 0) is 6.92 Å². The van der Waals surface area contributed by atoms with Gasteiger partial charge in [0.15, 0.2) is 0 Å². The third-order valence-electron chi connectivity index (χ3n) is 3.93. The zero-order valence-electron chi connectivity index (χ0n) is 12.8. The molecular formula is C14H21N5O4. The highest BCUT2D eigenvalue weighted by Gasteiger charge is 2.37. The summed E-state index contributed by atoms with van der Waals surface area (Å²) in [5, 5.41) is 19.2. The summed E-state index contributed by atoms with van der Waals surface area (Å²) >= 11 is 0. The van der Waals surface area contributed by atoms with Gasteiger partial charge in [0.25, 0.3) is 0 Å². The van der Waals surface area contributed by atoms with Crippen molar-refractivity contribution in [1.29, 1.82) is 0 Å². The molecule has 0 spiro atoms. The molecule has 4 atom stereocenters. The molecule has 2 aromatic rings. The lowest BCUT2D eigenvalue weighted by atomic mass is 10.1. The van der Waals surface area contributed by atoms with Crippen molar-refractivity contribution < 1.29 is 19.7 Å². The standard InChI is InChI=1S/C14H21N5O4/c1-2-22-13(8-4-16-7-18-8)9-5-17-14(15)19(9)12-3-10(21)11(6-20)23-12/h4-5,7,10-13,20-21H,2-3,6H2,1H3,(H2,15,17)(H,16,18)/t10-,11+,12+,13?/m0/s1. The van der Waals surface area contributed by atoms with E-state index in [2.05, 4.69) is 15.0 Å². The van der Waals surface area contributed by atoms with E-state index in [0.717, 1.165) is 5.69 Å². The lowest BCUT2D eigenvalue weighted by Crippen LogP contribution is -2.24. The first kappa shape index (κ1) is 15.9. The number of imidazole rings is 2. The van der Waals surface area contributed by atoms with Gasteiger partial charge < -0.3 is 30.4 Å². The lowest BCUT2D eigenvalue weighted by molar-refractivity contribution is -0.0465. The molecule has 0 aliphatic carbocycles. The minimum absolute atomic E-state index is 0.253. The van der Waals surface area contributed by atoms with Crippen molar-refractivity contribution in [3.63, 3.8) is 0 Å². The summed E-state index contributed by atoms with van der Waals surface area (Å²) < 4.78 is 13.2. The Morgan fingerprint density at radius 2 is 2.39 bits per heavy atom. The van der Waals surface area contributed by atoms with Gasteiger partial charge in [-0.25, -0.2) is 9.97 Å². The van der Waals surface area contributed by atoms with E-state index in [-0.39, 0.29) is 12.6 Å². The first-order valence-corrected chi connectivity index (χ1v) is 7.52. The molecule has 1 aliphatic heterocycles. The van der Waals surface area contributed by atoms with Crippen molar-refractivity contribution in [3.8, 4) is 0 Å². The molecule has 0 saturated carbocycles. The van der Waals surface area contributed by atoms with E-state index < -0.39 is 24.5 Å². The number of nitrogens with two attached hydrogens (primary N) is 1. The summed E-state index contributed by atoms with van der Waals surface area (Å²) in [6.45, 7) is 2.13. The van der Waals surface area contributed by atoms with Crippen LogP contribution in [0.1, 0.15) is 37.1 Å². The molecule has 23 heavy (non-hydrogen) atoms. The van der Waals surface area contributed by atoms with Crippen LogP contribution in [0.15, 0.2) is 18.7 Å². The van der Waals surface area contributed by atoms with Gasteiger partial charge in [0.2, 0.25) is 5.95 Å². The number of aromatic amines is 1. The molecule has 1 unspecified atom stereocenters. The smallest absolute Gasteiger partial charge is 0.202 e. The average Bonchev–Trinajstić information content (AvgIpc) is 3.25. The second-order valence-electron chi connectivity index (χ2n) is 5.37. The van der Waals surface area contributed by atoms with E-state index in [9.17, 15) is 10.2 Å². The van der Waals surface area contributed by atoms with E-state index in [1.54, 1.807) is 23.3 Å². The third kappa shape index (κ3) is 2.95. The molecule has 126 valence electrons. The molecule has 9 heteroatoms. The van der Waals surface area contributed by atoms with Crippen molar-refractivity contribution >= 4 is 5.95 Å². The Kier molecular flexibility index (Phi) is 4.62. The molecule has 0 radical (unpaired) electrons. The molecule has 1 saturated heterocycles. The van der Waals surface area contributed by atoms with Crippen LogP contribution in [0.2, 0.25) is 0 Å². The number of nitrogens with zero attached hydrogens (tertiary/aromatic N) is 3. The second kappa shape index (κ2) is 6.67. The number of rotatable bonds is 6. The Labute approximate surface area is 133 Å². The molecule has 3 rings (SSSR count). The molecule has 1 aliphatic rings. The number of nitrogens with one attached hydrogen (secondary N) is 1. The maximum atomic E-state index is 9.96. The molecule has 0 bridgehead atoms. The van der Waals surface area contributed by atoms with Crippen molar-refractivity contribution in [2.45, 2.75) is 37.9 Å². The van der Waals surface area contributed by atoms with Gasteiger partial charge in [-0.2, -0.15) is 0 Å². The maximum absolute atomic E-state index is 9.96. The average molecular weight is 323 g/mol. The van der Waals surface area contributed by atoms with Gasteiger partial charge in [0.1, 0.15) is 18.4 Å². The van der Waals surface area contributed by atoms with E-state index in [1.807, 2.05) is 6.92 Å². The highest BCUT2D eigenvalue weighted by molar-refractivity contribution is 5.29. The minimum atomic E-state index is -0.752. The van der Waals surface area contributed by atoms with Crippen LogP contribution in [0.4, 0.5) is 5.95 Å². The van der Waals surface area contributed by atoms with E-state index in [4.69, 9.17) is 15.2 Å². The number of ether oxygens (including phenoxy) is 2. The SMILES string of the molecule is CCOC(c1cnc[nH]1)c1cnc(N)n1[C@H]1C[C@H](O)[C@@H](CO)O1. The lowest BCUT2D eigenvalue weighted by Gasteiger charge is -2.22. The number of aromatic nitrogens is 4. The van der Waals surface area contributed by atoms with Crippen molar-refractivity contribution in [3.05, 3.63) is 30.1 Å².